The summed E-state index contributed by atoms with van der Waals surface area (Å²) >= 11 is 0. The van der Waals surface area contributed by atoms with Crippen LogP contribution in [-0.4, -0.2) is 6.29 Å². The summed E-state index contributed by atoms with van der Waals surface area (Å²) in [5.41, 5.74) is 0. The van der Waals surface area contributed by atoms with Crippen LogP contribution in [-0.2, 0) is 4.79 Å². The second kappa shape index (κ2) is 7.15. The Bertz CT molecular complexity index is 112. The molecule has 0 radical (unpaired) electrons. The second-order valence-corrected chi connectivity index (χ2v) is 1.74. The van der Waals surface area contributed by atoms with Gasteiger partial charge in [-0.2, -0.15) is 0 Å². The molecule has 0 saturated heterocycles. The van der Waals surface area contributed by atoms with Gasteiger partial charge in [0.2, 0.25) is 0 Å². The van der Waals surface area contributed by atoms with Crippen molar-refractivity contribution in [1.29, 1.82) is 0 Å². The van der Waals surface area contributed by atoms with Crippen LogP contribution in [0, 0.1) is 0 Å². The van der Waals surface area contributed by atoms with Gasteiger partial charge in [0.1, 0.15) is 6.29 Å². The molecule has 9 heavy (non-hydrogen) atoms. The monoisotopic (exact) mass is 124 g/mol. The number of hydrogen-bond acceptors (Lipinski definition) is 1. The first-order chi connectivity index (χ1) is 4.41. The van der Waals surface area contributed by atoms with E-state index >= 15 is 0 Å². The molecule has 0 aliphatic heterocycles. The van der Waals surface area contributed by atoms with Crippen molar-refractivity contribution < 1.29 is 4.79 Å². The van der Waals surface area contributed by atoms with Crippen LogP contribution >= 0.6 is 0 Å². The van der Waals surface area contributed by atoms with Crippen molar-refractivity contribution in [3.05, 3.63) is 24.3 Å². The van der Waals surface area contributed by atoms with Gasteiger partial charge in [-0.3, -0.25) is 4.79 Å². The zero-order valence-electron chi connectivity index (χ0n) is 5.71. The van der Waals surface area contributed by atoms with Crippen LogP contribution in [0.15, 0.2) is 24.3 Å². The molecular weight excluding hydrogens is 112 g/mol. The molecule has 0 bridgehead atoms. The molecule has 0 aromatic rings. The fourth-order valence-corrected chi connectivity index (χ4v) is 0.451. The van der Waals surface area contributed by atoms with Gasteiger partial charge in [0.25, 0.3) is 0 Å². The Labute approximate surface area is 56.1 Å². The van der Waals surface area contributed by atoms with Crippen LogP contribution in [0.5, 0.6) is 0 Å². The van der Waals surface area contributed by atoms with E-state index in [0.29, 0.717) is 0 Å². The first-order valence-electron chi connectivity index (χ1n) is 3.18. The average Bonchev–Trinajstić information content (AvgIpc) is 1.89. The van der Waals surface area contributed by atoms with Crippen LogP contribution in [0.3, 0.4) is 0 Å². The van der Waals surface area contributed by atoms with E-state index in [1.165, 1.54) is 6.08 Å². The van der Waals surface area contributed by atoms with E-state index in [4.69, 9.17) is 0 Å². The Balaban J connectivity index is 3.23. The van der Waals surface area contributed by atoms with E-state index in [2.05, 4.69) is 6.92 Å². The molecule has 1 heteroatoms. The van der Waals surface area contributed by atoms with Crippen LogP contribution in [0.1, 0.15) is 19.8 Å². The summed E-state index contributed by atoms with van der Waals surface area (Å²) in [6.45, 7) is 2.12. The molecule has 0 fully saturated rings. The minimum absolute atomic E-state index is 0.774. The zero-order valence-corrected chi connectivity index (χ0v) is 5.71. The molecule has 0 N–H and O–H groups in total. The summed E-state index contributed by atoms with van der Waals surface area (Å²) in [5.74, 6) is 0. The summed E-state index contributed by atoms with van der Waals surface area (Å²) < 4.78 is 0. The van der Waals surface area contributed by atoms with Gasteiger partial charge in [-0.1, -0.05) is 31.6 Å². The molecule has 0 spiro atoms. The first-order valence-corrected chi connectivity index (χ1v) is 3.18. The largest absolute Gasteiger partial charge is 0.299 e. The lowest BCUT2D eigenvalue weighted by Crippen LogP contribution is -1.60. The Hall–Kier alpha value is -0.850. The maximum absolute atomic E-state index is 9.72. The number of unbranched alkanes of at least 4 members (excludes halogenated alkanes) is 1. The normalized spacial score (nSPS) is 11.2. The van der Waals surface area contributed by atoms with Gasteiger partial charge in [-0.25, -0.2) is 0 Å². The molecule has 0 unspecified atom stereocenters. The highest BCUT2D eigenvalue weighted by Crippen LogP contribution is 1.87. The Morgan fingerprint density at radius 2 is 2.00 bits per heavy atom. The van der Waals surface area contributed by atoms with Crippen molar-refractivity contribution in [2.24, 2.45) is 0 Å². The number of carbonyl (C=O) groups is 1. The Morgan fingerprint density at radius 1 is 1.22 bits per heavy atom. The summed E-state index contributed by atoms with van der Waals surface area (Å²) in [6, 6.07) is 0. The predicted octanol–water partition coefficient (Wildman–Crippen LogP) is 2.10. The van der Waals surface area contributed by atoms with Gasteiger partial charge in [-0.05, 0) is 12.5 Å². The number of allylic oxidation sites excluding steroid dienone is 4. The summed E-state index contributed by atoms with van der Waals surface area (Å²) in [6.07, 6.45) is 10.2. The molecule has 0 atom stereocenters. The van der Waals surface area contributed by atoms with Crippen molar-refractivity contribution in [2.75, 3.05) is 0 Å². The third kappa shape index (κ3) is 7.15. The van der Waals surface area contributed by atoms with Crippen LogP contribution in [0.4, 0.5) is 0 Å². The Kier molecular flexibility index (Phi) is 6.47. The number of rotatable bonds is 4. The Morgan fingerprint density at radius 3 is 2.56 bits per heavy atom. The average molecular weight is 124 g/mol. The molecule has 0 aliphatic rings. The summed E-state index contributed by atoms with van der Waals surface area (Å²) in [7, 11) is 0. The highest BCUT2D eigenvalue weighted by molar-refractivity contribution is 5.65. The van der Waals surface area contributed by atoms with Crippen LogP contribution in [0.2, 0.25) is 0 Å². The van der Waals surface area contributed by atoms with Crippen LogP contribution < -0.4 is 0 Å². The van der Waals surface area contributed by atoms with Gasteiger partial charge < -0.3 is 0 Å². The van der Waals surface area contributed by atoms with Crippen molar-refractivity contribution >= 4 is 6.29 Å². The fourth-order valence-electron chi connectivity index (χ4n) is 0.451. The molecule has 0 aliphatic carbocycles. The second-order valence-electron chi connectivity index (χ2n) is 1.74. The molecule has 0 amide bonds. The smallest absolute Gasteiger partial charge is 0.142 e. The number of carbonyl (C=O) groups excluding carboxylic acids is 1. The molecule has 1 nitrogen and oxygen atoms in total. The van der Waals surface area contributed by atoms with Gasteiger partial charge in [-0.15, -0.1) is 0 Å². The summed E-state index contributed by atoms with van der Waals surface area (Å²) in [4.78, 5) is 9.72. The predicted molar refractivity (Wildman–Crippen MR) is 39.3 cm³/mol. The minimum Gasteiger partial charge on any atom is -0.299 e. The third-order valence-corrected chi connectivity index (χ3v) is 0.892. The molecule has 50 valence electrons. The first kappa shape index (κ1) is 8.15. The van der Waals surface area contributed by atoms with Crippen molar-refractivity contribution in [3.8, 4) is 0 Å². The maximum atomic E-state index is 9.72. The van der Waals surface area contributed by atoms with Crippen molar-refractivity contribution in [1.82, 2.24) is 0 Å². The lowest BCUT2D eigenvalue weighted by Gasteiger charge is -1.78. The van der Waals surface area contributed by atoms with Gasteiger partial charge in [0.05, 0.1) is 0 Å². The van der Waals surface area contributed by atoms with Crippen LogP contribution in [0.25, 0.3) is 0 Å². The van der Waals surface area contributed by atoms with E-state index < -0.39 is 0 Å². The molecule has 0 saturated carbocycles. The van der Waals surface area contributed by atoms with E-state index in [-0.39, 0.29) is 0 Å². The summed E-state index contributed by atoms with van der Waals surface area (Å²) in [5, 5.41) is 0. The van der Waals surface area contributed by atoms with Gasteiger partial charge in [0, 0.05) is 0 Å². The number of aldehydes is 1. The van der Waals surface area contributed by atoms with Crippen molar-refractivity contribution in [3.63, 3.8) is 0 Å². The lowest BCUT2D eigenvalue weighted by atomic mass is 10.3. The topological polar surface area (TPSA) is 17.1 Å². The maximum Gasteiger partial charge on any atom is 0.142 e. The molecule has 0 aromatic carbocycles. The van der Waals surface area contributed by atoms with E-state index in [1.807, 2.05) is 12.2 Å². The standard InChI is InChI=1S/C8H12O/c1-2-3-4-5-6-7-8-9/h4-8H,2-3H2,1H3/b5-4-,7-6-. The van der Waals surface area contributed by atoms with Crippen molar-refractivity contribution in [2.45, 2.75) is 19.8 Å². The fraction of sp³-hybridized carbons (Fsp3) is 0.375. The number of hydrogen-bond donors (Lipinski definition) is 0. The highest BCUT2D eigenvalue weighted by Gasteiger charge is 1.68. The quantitative estimate of drug-likeness (QED) is 0.318. The molecule has 0 heterocycles. The SMILES string of the molecule is CCC/C=C\C=C/C=O. The molecule has 0 rings (SSSR count). The highest BCUT2D eigenvalue weighted by atomic mass is 16.1. The van der Waals surface area contributed by atoms with Gasteiger partial charge >= 0.3 is 0 Å². The lowest BCUT2D eigenvalue weighted by molar-refractivity contribution is -0.104. The minimum atomic E-state index is 0.774. The zero-order chi connectivity index (χ0) is 6.95. The van der Waals surface area contributed by atoms with E-state index in [9.17, 15) is 4.79 Å². The molecular formula is C8H12O. The van der Waals surface area contributed by atoms with Gasteiger partial charge in [0.15, 0.2) is 0 Å². The third-order valence-electron chi connectivity index (χ3n) is 0.892. The molecule has 0 aromatic heterocycles. The van der Waals surface area contributed by atoms with E-state index in [0.717, 1.165) is 19.1 Å². The van der Waals surface area contributed by atoms with E-state index in [1.54, 1.807) is 6.08 Å².